The lowest BCUT2D eigenvalue weighted by Gasteiger charge is -2.14. The third-order valence-electron chi connectivity index (χ3n) is 4.59. The van der Waals surface area contributed by atoms with E-state index in [0.717, 1.165) is 18.5 Å². The zero-order valence-corrected chi connectivity index (χ0v) is 18.0. The molecule has 7 nitrogen and oxygen atoms in total. The Morgan fingerprint density at radius 2 is 1.80 bits per heavy atom. The van der Waals surface area contributed by atoms with Gasteiger partial charge in [0.2, 0.25) is 5.95 Å². The highest BCUT2D eigenvalue weighted by Gasteiger charge is 2.26. The first-order valence-corrected chi connectivity index (χ1v) is 10.2. The number of rotatable bonds is 6. The molecule has 0 radical (unpaired) electrons. The maximum Gasteiger partial charge on any atom is 0.258 e. The number of amides is 1. The van der Waals surface area contributed by atoms with Gasteiger partial charge in [-0.1, -0.05) is 29.3 Å². The molecule has 1 amide bonds. The Hall–Kier alpha value is -2.90. The second-order valence-electron chi connectivity index (χ2n) is 7.25. The lowest BCUT2D eigenvalue weighted by atomic mass is 10.2. The maximum absolute atomic E-state index is 12.6. The lowest BCUT2D eigenvalue weighted by molar-refractivity contribution is 0.102. The van der Waals surface area contributed by atoms with Gasteiger partial charge in [0.25, 0.3) is 5.91 Å². The predicted molar refractivity (Wildman–Crippen MR) is 120 cm³/mol. The number of halogens is 2. The first kappa shape index (κ1) is 20.4. The number of nitrogens with zero attached hydrogens (tertiary/aromatic N) is 4. The van der Waals surface area contributed by atoms with E-state index in [2.05, 4.69) is 25.6 Å². The quantitative estimate of drug-likeness (QED) is 0.551. The van der Waals surface area contributed by atoms with Crippen molar-refractivity contribution in [2.24, 2.45) is 0 Å². The van der Waals surface area contributed by atoms with E-state index < -0.39 is 5.91 Å². The van der Waals surface area contributed by atoms with E-state index in [-0.39, 0.29) is 15.6 Å². The number of anilines is 4. The van der Waals surface area contributed by atoms with Crippen LogP contribution in [0.3, 0.4) is 0 Å². The van der Waals surface area contributed by atoms with Gasteiger partial charge in [0.05, 0.1) is 21.3 Å². The van der Waals surface area contributed by atoms with Crippen LogP contribution in [-0.4, -0.2) is 35.0 Å². The summed E-state index contributed by atoms with van der Waals surface area (Å²) in [6.45, 7) is 0. The molecule has 1 saturated carbocycles. The number of pyridine rings is 1. The zero-order chi connectivity index (χ0) is 21.3. The van der Waals surface area contributed by atoms with E-state index in [0.29, 0.717) is 29.2 Å². The van der Waals surface area contributed by atoms with Gasteiger partial charge in [0.15, 0.2) is 0 Å². The highest BCUT2D eigenvalue weighted by molar-refractivity contribution is 6.40. The Morgan fingerprint density at radius 1 is 1.07 bits per heavy atom. The Morgan fingerprint density at radius 3 is 2.47 bits per heavy atom. The van der Waals surface area contributed by atoms with Crippen molar-refractivity contribution < 1.29 is 4.79 Å². The van der Waals surface area contributed by atoms with Crippen molar-refractivity contribution in [3.8, 4) is 0 Å². The molecule has 2 N–H and O–H groups in total. The number of carbonyl (C=O) groups is 1. The largest absolute Gasteiger partial charge is 0.347 e. The zero-order valence-electron chi connectivity index (χ0n) is 16.5. The molecule has 1 aliphatic carbocycles. The molecule has 0 saturated heterocycles. The topological polar surface area (TPSA) is 83.0 Å². The molecule has 30 heavy (non-hydrogen) atoms. The number of carbonyl (C=O) groups excluding carboxylic acids is 1. The molecule has 2 heterocycles. The normalized spacial score (nSPS) is 13.1. The molecule has 0 aliphatic heterocycles. The van der Waals surface area contributed by atoms with Gasteiger partial charge in [0, 0.05) is 44.0 Å². The monoisotopic (exact) mass is 442 g/mol. The van der Waals surface area contributed by atoms with Crippen LogP contribution in [0, 0.1) is 0 Å². The fourth-order valence-corrected chi connectivity index (χ4v) is 3.49. The van der Waals surface area contributed by atoms with E-state index in [1.54, 1.807) is 36.5 Å². The SMILES string of the molecule is CN(C)c1nc(Nc2cc(NC(=O)c3c(Cl)cccc3Cl)ccn2)cc(C2CC2)n1. The fraction of sp³-hybridized carbons (Fsp3) is 0.238. The van der Waals surface area contributed by atoms with Gasteiger partial charge >= 0.3 is 0 Å². The first-order chi connectivity index (χ1) is 14.4. The summed E-state index contributed by atoms with van der Waals surface area (Å²) >= 11 is 12.3. The van der Waals surface area contributed by atoms with Gasteiger partial charge < -0.3 is 15.5 Å². The molecule has 1 aromatic carbocycles. The third kappa shape index (κ3) is 4.63. The second kappa shape index (κ2) is 8.45. The predicted octanol–water partition coefficient (Wildman–Crippen LogP) is 5.12. The minimum atomic E-state index is -0.393. The average molecular weight is 443 g/mol. The summed E-state index contributed by atoms with van der Waals surface area (Å²) in [7, 11) is 3.81. The van der Waals surface area contributed by atoms with E-state index in [9.17, 15) is 4.79 Å². The van der Waals surface area contributed by atoms with Gasteiger partial charge in [-0.3, -0.25) is 4.79 Å². The number of aromatic nitrogens is 3. The lowest BCUT2D eigenvalue weighted by Crippen LogP contribution is -2.15. The molecule has 1 aliphatic rings. The molecule has 9 heteroatoms. The minimum absolute atomic E-state index is 0.229. The summed E-state index contributed by atoms with van der Waals surface area (Å²) in [6.07, 6.45) is 3.89. The summed E-state index contributed by atoms with van der Waals surface area (Å²) in [4.78, 5) is 28.0. The molecule has 3 aromatic rings. The van der Waals surface area contributed by atoms with Crippen molar-refractivity contribution in [1.29, 1.82) is 0 Å². The first-order valence-electron chi connectivity index (χ1n) is 9.45. The van der Waals surface area contributed by atoms with Crippen LogP contribution in [-0.2, 0) is 0 Å². The van der Waals surface area contributed by atoms with E-state index in [4.69, 9.17) is 23.2 Å². The average Bonchev–Trinajstić information content (AvgIpc) is 3.53. The number of nitrogens with one attached hydrogen (secondary N) is 2. The second-order valence-corrected chi connectivity index (χ2v) is 8.07. The van der Waals surface area contributed by atoms with E-state index >= 15 is 0 Å². The smallest absolute Gasteiger partial charge is 0.258 e. The maximum atomic E-state index is 12.6. The molecular weight excluding hydrogens is 423 g/mol. The number of hydrogen-bond donors (Lipinski definition) is 2. The van der Waals surface area contributed by atoms with Crippen LogP contribution in [0.5, 0.6) is 0 Å². The molecule has 4 rings (SSSR count). The Labute approximate surface area is 184 Å². The molecule has 0 bridgehead atoms. The summed E-state index contributed by atoms with van der Waals surface area (Å²) in [6, 6.07) is 10.3. The van der Waals surface area contributed by atoms with Crippen molar-refractivity contribution in [3.05, 3.63) is 63.9 Å². The Balaban J connectivity index is 1.55. The summed E-state index contributed by atoms with van der Waals surface area (Å²) in [5.41, 5.74) is 1.81. The Bertz CT molecular complexity index is 1060. The van der Waals surface area contributed by atoms with E-state index in [1.807, 2.05) is 25.1 Å². The van der Waals surface area contributed by atoms with Gasteiger partial charge in [-0.2, -0.15) is 4.98 Å². The molecule has 2 aromatic heterocycles. The van der Waals surface area contributed by atoms with Crippen molar-refractivity contribution in [2.75, 3.05) is 29.6 Å². The number of hydrogen-bond acceptors (Lipinski definition) is 6. The van der Waals surface area contributed by atoms with Crippen LogP contribution in [0.4, 0.5) is 23.3 Å². The van der Waals surface area contributed by atoms with Gasteiger partial charge in [-0.15, -0.1) is 0 Å². The molecule has 1 fully saturated rings. The highest BCUT2D eigenvalue weighted by atomic mass is 35.5. The van der Waals surface area contributed by atoms with Gasteiger partial charge in [-0.05, 0) is 31.0 Å². The van der Waals surface area contributed by atoms with Crippen LogP contribution >= 0.6 is 23.2 Å². The molecule has 154 valence electrons. The van der Waals surface area contributed by atoms with Crippen LogP contribution in [0.25, 0.3) is 0 Å². The molecule has 0 spiro atoms. The molecule has 0 atom stereocenters. The minimum Gasteiger partial charge on any atom is -0.347 e. The van der Waals surface area contributed by atoms with Gasteiger partial charge in [0.1, 0.15) is 11.6 Å². The Kier molecular flexibility index (Phi) is 5.74. The molecule has 0 unspecified atom stereocenters. The van der Waals surface area contributed by atoms with Crippen LogP contribution in [0.2, 0.25) is 10.0 Å². The third-order valence-corrected chi connectivity index (χ3v) is 5.22. The van der Waals surface area contributed by atoms with Gasteiger partial charge in [-0.25, -0.2) is 9.97 Å². The van der Waals surface area contributed by atoms with Crippen LogP contribution < -0.4 is 15.5 Å². The van der Waals surface area contributed by atoms with Crippen molar-refractivity contribution >= 4 is 52.4 Å². The van der Waals surface area contributed by atoms with Crippen molar-refractivity contribution in [3.63, 3.8) is 0 Å². The summed E-state index contributed by atoms with van der Waals surface area (Å²) in [5.74, 6) is 1.94. The number of benzene rings is 1. The van der Waals surface area contributed by atoms with E-state index in [1.165, 1.54) is 0 Å². The van der Waals surface area contributed by atoms with Crippen LogP contribution in [0.15, 0.2) is 42.6 Å². The summed E-state index contributed by atoms with van der Waals surface area (Å²) in [5, 5.41) is 6.59. The van der Waals surface area contributed by atoms with Crippen molar-refractivity contribution in [1.82, 2.24) is 15.0 Å². The van der Waals surface area contributed by atoms with Crippen LogP contribution in [0.1, 0.15) is 34.8 Å². The fourth-order valence-electron chi connectivity index (χ4n) is 2.92. The standard InChI is InChI=1S/C21H20Cl2N6O/c1-29(2)21-26-16(12-6-7-12)11-18(28-21)27-17-10-13(8-9-24-17)25-20(30)19-14(22)4-3-5-15(19)23/h3-5,8-12H,6-7H2,1-2H3,(H2,24,25,26,27,28,30). The summed E-state index contributed by atoms with van der Waals surface area (Å²) < 4.78 is 0. The highest BCUT2D eigenvalue weighted by Crippen LogP contribution is 2.40. The van der Waals surface area contributed by atoms with Crippen molar-refractivity contribution in [2.45, 2.75) is 18.8 Å². The molecular formula is C21H20Cl2N6O.